The first kappa shape index (κ1) is 25.9. The highest BCUT2D eigenvalue weighted by molar-refractivity contribution is 6.11. The summed E-state index contributed by atoms with van der Waals surface area (Å²) >= 11 is 0. The summed E-state index contributed by atoms with van der Waals surface area (Å²) in [7, 11) is 0. The van der Waals surface area contributed by atoms with E-state index in [-0.39, 0.29) is 28.6 Å². The van der Waals surface area contributed by atoms with Crippen LogP contribution in [0.25, 0.3) is 5.69 Å². The SMILES string of the molecule is Cc1c(N=C(N)N)cc(CNC2CC2)cc1-n1cnc(C(=O)c2cccc(C(=O)OC(C)(C)C)c2)c1N. The second-order valence-electron chi connectivity index (χ2n) is 10.2. The molecule has 1 aromatic heterocycles. The van der Waals surface area contributed by atoms with Crippen molar-refractivity contribution >= 4 is 29.2 Å². The molecule has 1 fully saturated rings. The normalized spacial score (nSPS) is 13.3. The van der Waals surface area contributed by atoms with E-state index < -0.39 is 17.4 Å². The van der Waals surface area contributed by atoms with Gasteiger partial charge in [-0.1, -0.05) is 12.1 Å². The number of ether oxygens (including phenoxy) is 1. The third kappa shape index (κ3) is 6.15. The Balaban J connectivity index is 1.68. The van der Waals surface area contributed by atoms with Gasteiger partial charge in [-0.3, -0.25) is 9.36 Å². The first-order valence-electron chi connectivity index (χ1n) is 12.1. The van der Waals surface area contributed by atoms with E-state index >= 15 is 0 Å². The fraction of sp³-hybridized carbons (Fsp3) is 0.333. The van der Waals surface area contributed by atoms with E-state index in [1.54, 1.807) is 43.5 Å². The first-order chi connectivity index (χ1) is 17.4. The van der Waals surface area contributed by atoms with Gasteiger partial charge in [-0.2, -0.15) is 0 Å². The van der Waals surface area contributed by atoms with Crippen molar-refractivity contribution in [3.63, 3.8) is 0 Å². The maximum atomic E-state index is 13.3. The number of ketones is 1. The van der Waals surface area contributed by atoms with Crippen molar-refractivity contribution in [2.45, 2.75) is 58.7 Å². The van der Waals surface area contributed by atoms with Crippen molar-refractivity contribution in [2.24, 2.45) is 16.5 Å². The summed E-state index contributed by atoms with van der Waals surface area (Å²) in [5.74, 6) is -0.810. The minimum atomic E-state index is -0.654. The van der Waals surface area contributed by atoms with Gasteiger partial charge in [0.05, 0.1) is 16.9 Å². The number of benzene rings is 2. The highest BCUT2D eigenvalue weighted by Crippen LogP contribution is 2.31. The van der Waals surface area contributed by atoms with Gasteiger partial charge >= 0.3 is 5.97 Å². The molecule has 1 aliphatic carbocycles. The lowest BCUT2D eigenvalue weighted by molar-refractivity contribution is 0.00695. The number of rotatable bonds is 8. The van der Waals surface area contributed by atoms with E-state index in [0.29, 0.717) is 24.0 Å². The Kier molecular flexibility index (Phi) is 7.04. The number of aliphatic imine (C=N–C) groups is 1. The second-order valence-corrected chi connectivity index (χ2v) is 10.2. The third-order valence-electron chi connectivity index (χ3n) is 5.87. The Morgan fingerprint density at radius 3 is 2.51 bits per heavy atom. The molecule has 2 aromatic carbocycles. The molecular weight excluding hydrogens is 470 g/mol. The minimum absolute atomic E-state index is 0.0549. The molecule has 0 amide bonds. The molecule has 194 valence electrons. The number of nitrogens with one attached hydrogen (secondary N) is 1. The van der Waals surface area contributed by atoms with Crippen LogP contribution in [-0.4, -0.2) is 38.9 Å². The van der Waals surface area contributed by atoms with E-state index in [1.807, 2.05) is 19.1 Å². The fourth-order valence-corrected chi connectivity index (χ4v) is 3.88. The number of carbonyl (C=O) groups excluding carboxylic acids is 2. The summed E-state index contributed by atoms with van der Waals surface area (Å²) in [4.78, 5) is 34.4. The molecule has 0 radical (unpaired) electrons. The van der Waals surface area contributed by atoms with E-state index in [1.165, 1.54) is 12.4 Å². The van der Waals surface area contributed by atoms with Gasteiger partial charge in [0.15, 0.2) is 11.7 Å². The van der Waals surface area contributed by atoms with Crippen LogP contribution >= 0.6 is 0 Å². The molecule has 37 heavy (non-hydrogen) atoms. The molecule has 0 bridgehead atoms. The van der Waals surface area contributed by atoms with Gasteiger partial charge in [0, 0.05) is 18.2 Å². The zero-order chi connectivity index (χ0) is 26.9. The molecule has 1 heterocycles. The Hall–Kier alpha value is -4.18. The number of nitrogen functional groups attached to an aromatic ring is 1. The van der Waals surface area contributed by atoms with Crippen molar-refractivity contribution in [2.75, 3.05) is 5.73 Å². The number of nitrogens with zero attached hydrogens (tertiary/aromatic N) is 3. The van der Waals surface area contributed by atoms with Crippen molar-refractivity contribution in [3.8, 4) is 5.69 Å². The monoisotopic (exact) mass is 503 g/mol. The summed E-state index contributed by atoms with van der Waals surface area (Å²) in [5.41, 5.74) is 20.8. The number of esters is 1. The summed E-state index contributed by atoms with van der Waals surface area (Å²) < 4.78 is 7.07. The summed E-state index contributed by atoms with van der Waals surface area (Å²) in [6.45, 7) is 7.86. The van der Waals surface area contributed by atoms with E-state index in [2.05, 4.69) is 15.3 Å². The predicted octanol–water partition coefficient (Wildman–Crippen LogP) is 3.11. The minimum Gasteiger partial charge on any atom is -0.456 e. The van der Waals surface area contributed by atoms with Crippen LogP contribution in [-0.2, 0) is 11.3 Å². The van der Waals surface area contributed by atoms with Gasteiger partial charge in [-0.05, 0) is 75.9 Å². The number of nitrogens with two attached hydrogens (primary N) is 3. The lowest BCUT2D eigenvalue weighted by Gasteiger charge is -2.19. The maximum Gasteiger partial charge on any atom is 0.338 e. The Morgan fingerprint density at radius 1 is 1.16 bits per heavy atom. The zero-order valence-corrected chi connectivity index (χ0v) is 21.5. The standard InChI is InChI=1S/C27H33N7O3/c1-15-20(33-26(29)30)10-16(13-31-19-8-9-19)11-21(15)34-14-32-22(24(34)28)23(35)17-6-5-7-18(12-17)25(36)37-27(2,3)4/h5-7,10-12,14,19,31H,8-9,13,28H2,1-4H3,(H4,29,30,33). The van der Waals surface area contributed by atoms with Crippen molar-refractivity contribution in [3.05, 3.63) is 70.7 Å². The summed E-state index contributed by atoms with van der Waals surface area (Å²) in [6.07, 6.45) is 3.82. The molecule has 10 nitrogen and oxygen atoms in total. The molecule has 1 saturated carbocycles. The fourth-order valence-electron chi connectivity index (χ4n) is 3.88. The molecule has 0 saturated heterocycles. The number of hydrogen-bond donors (Lipinski definition) is 4. The smallest absolute Gasteiger partial charge is 0.338 e. The van der Waals surface area contributed by atoms with Gasteiger partial charge in [0.2, 0.25) is 5.78 Å². The Morgan fingerprint density at radius 2 is 1.86 bits per heavy atom. The first-order valence-corrected chi connectivity index (χ1v) is 12.1. The highest BCUT2D eigenvalue weighted by Gasteiger charge is 2.24. The lowest BCUT2D eigenvalue weighted by Crippen LogP contribution is -2.24. The average molecular weight is 504 g/mol. The van der Waals surface area contributed by atoms with Crippen LogP contribution in [0.4, 0.5) is 11.5 Å². The maximum absolute atomic E-state index is 13.3. The largest absolute Gasteiger partial charge is 0.456 e. The van der Waals surface area contributed by atoms with Gasteiger partial charge in [-0.25, -0.2) is 14.8 Å². The molecule has 7 N–H and O–H groups in total. The molecule has 4 rings (SSSR count). The van der Waals surface area contributed by atoms with Crippen LogP contribution < -0.4 is 22.5 Å². The molecular formula is C27H33N7O3. The number of imidazole rings is 1. The molecule has 0 atom stereocenters. The average Bonchev–Trinajstić information content (AvgIpc) is 3.58. The predicted molar refractivity (Wildman–Crippen MR) is 143 cm³/mol. The van der Waals surface area contributed by atoms with Crippen LogP contribution in [0.3, 0.4) is 0 Å². The van der Waals surface area contributed by atoms with Crippen molar-refractivity contribution < 1.29 is 14.3 Å². The van der Waals surface area contributed by atoms with Crippen molar-refractivity contribution in [1.29, 1.82) is 0 Å². The topological polar surface area (TPSA) is 164 Å². The van der Waals surface area contributed by atoms with E-state index in [0.717, 1.165) is 24.0 Å². The Labute approximate surface area is 215 Å². The highest BCUT2D eigenvalue weighted by atomic mass is 16.6. The molecule has 0 unspecified atom stereocenters. The number of guanidine groups is 1. The van der Waals surface area contributed by atoms with Gasteiger partial charge in [-0.15, -0.1) is 0 Å². The third-order valence-corrected chi connectivity index (χ3v) is 5.87. The number of anilines is 1. The van der Waals surface area contributed by atoms with Crippen LogP contribution in [0.5, 0.6) is 0 Å². The van der Waals surface area contributed by atoms with Crippen LogP contribution in [0.1, 0.15) is 71.1 Å². The summed E-state index contributed by atoms with van der Waals surface area (Å²) in [5, 5.41) is 3.48. The van der Waals surface area contributed by atoms with Crippen LogP contribution in [0, 0.1) is 6.92 Å². The second kappa shape index (κ2) is 10.1. The molecule has 0 spiro atoms. The van der Waals surface area contributed by atoms with Gasteiger partial charge in [0.25, 0.3) is 0 Å². The van der Waals surface area contributed by atoms with E-state index in [4.69, 9.17) is 21.9 Å². The number of aromatic nitrogens is 2. The van der Waals surface area contributed by atoms with Gasteiger partial charge in [0.1, 0.15) is 17.7 Å². The van der Waals surface area contributed by atoms with Crippen LogP contribution in [0.15, 0.2) is 47.7 Å². The molecule has 1 aliphatic rings. The Bertz CT molecular complexity index is 1380. The number of hydrogen-bond acceptors (Lipinski definition) is 7. The lowest BCUT2D eigenvalue weighted by atomic mass is 10.0. The van der Waals surface area contributed by atoms with Crippen molar-refractivity contribution in [1.82, 2.24) is 14.9 Å². The summed E-state index contributed by atoms with van der Waals surface area (Å²) in [6, 6.07) is 10.8. The van der Waals surface area contributed by atoms with E-state index in [9.17, 15) is 9.59 Å². The number of carbonyl (C=O) groups is 2. The molecule has 3 aromatic rings. The molecule has 0 aliphatic heterocycles. The van der Waals surface area contributed by atoms with Crippen LogP contribution in [0.2, 0.25) is 0 Å². The zero-order valence-electron chi connectivity index (χ0n) is 21.5. The van der Waals surface area contributed by atoms with Gasteiger partial charge < -0.3 is 27.3 Å². The quantitative estimate of drug-likeness (QED) is 0.158. The molecule has 10 heteroatoms.